The molecule has 2 saturated heterocycles. The van der Waals surface area contributed by atoms with Gasteiger partial charge in [0.2, 0.25) is 5.91 Å². The number of carbonyl (C=O) groups is 1. The van der Waals surface area contributed by atoms with Crippen LogP contribution in [0.3, 0.4) is 0 Å². The molecule has 5 rings (SSSR count). The number of rotatable bonds is 7. The van der Waals surface area contributed by atoms with E-state index in [2.05, 4.69) is 41.0 Å². The summed E-state index contributed by atoms with van der Waals surface area (Å²) < 4.78 is 5.46. The highest BCUT2D eigenvalue weighted by atomic mass is 32.2. The average Bonchev–Trinajstić information content (AvgIpc) is 2.88. The molecular formula is C27H33N5O2S. The van der Waals surface area contributed by atoms with Gasteiger partial charge in [0, 0.05) is 51.2 Å². The second-order valence-electron chi connectivity index (χ2n) is 9.29. The Morgan fingerprint density at radius 3 is 2.49 bits per heavy atom. The van der Waals surface area contributed by atoms with Gasteiger partial charge < -0.3 is 9.64 Å². The second-order valence-corrected chi connectivity index (χ2v) is 10.2. The zero-order valence-electron chi connectivity index (χ0n) is 20.4. The molecule has 1 amide bonds. The first-order valence-corrected chi connectivity index (χ1v) is 13.4. The minimum absolute atomic E-state index is 0.183. The van der Waals surface area contributed by atoms with Gasteiger partial charge in [0.15, 0.2) is 0 Å². The lowest BCUT2D eigenvalue weighted by molar-refractivity contribution is -0.130. The Morgan fingerprint density at radius 1 is 0.914 bits per heavy atom. The Hall–Kier alpha value is -2.52. The molecule has 35 heavy (non-hydrogen) atoms. The third kappa shape index (κ3) is 6.38. The summed E-state index contributed by atoms with van der Waals surface area (Å²) in [4.78, 5) is 29.4. The van der Waals surface area contributed by atoms with Crippen LogP contribution in [0.4, 0.5) is 0 Å². The van der Waals surface area contributed by atoms with Gasteiger partial charge in [0.25, 0.3) is 0 Å². The van der Waals surface area contributed by atoms with E-state index in [1.165, 1.54) is 22.9 Å². The van der Waals surface area contributed by atoms with Crippen molar-refractivity contribution in [2.75, 3.05) is 58.2 Å². The number of benzene rings is 2. The van der Waals surface area contributed by atoms with E-state index in [4.69, 9.17) is 14.7 Å². The molecule has 0 radical (unpaired) electrons. The first kappa shape index (κ1) is 24.2. The number of ether oxygens (including phenoxy) is 1. The fourth-order valence-electron chi connectivity index (χ4n) is 4.68. The predicted octanol–water partition coefficient (Wildman–Crippen LogP) is 3.21. The number of piperazine rings is 1. The van der Waals surface area contributed by atoms with Crippen molar-refractivity contribution in [1.82, 2.24) is 24.7 Å². The van der Waals surface area contributed by atoms with E-state index in [9.17, 15) is 4.79 Å². The van der Waals surface area contributed by atoms with Crippen molar-refractivity contribution >= 4 is 28.6 Å². The number of morpholine rings is 1. The van der Waals surface area contributed by atoms with E-state index in [0.29, 0.717) is 12.3 Å². The number of amides is 1. The molecule has 2 aliphatic rings. The van der Waals surface area contributed by atoms with E-state index in [1.807, 2.05) is 29.2 Å². The van der Waals surface area contributed by atoms with Gasteiger partial charge in [0.05, 0.1) is 31.0 Å². The molecule has 0 spiro atoms. The smallest absolute Gasteiger partial charge is 0.233 e. The van der Waals surface area contributed by atoms with Crippen LogP contribution >= 0.6 is 11.8 Å². The molecule has 0 saturated carbocycles. The van der Waals surface area contributed by atoms with Crippen molar-refractivity contribution in [2.45, 2.75) is 25.0 Å². The van der Waals surface area contributed by atoms with Crippen molar-refractivity contribution in [3.63, 3.8) is 0 Å². The van der Waals surface area contributed by atoms with Crippen molar-refractivity contribution in [1.29, 1.82) is 0 Å². The highest BCUT2D eigenvalue weighted by Gasteiger charge is 2.22. The standard InChI is InChI=1S/C27H33N5O2S/c1-21-5-4-6-22(17-21)18-30-9-11-32(12-10-30)26(33)20-35-27-23-7-2-3-8-24(23)28-25(29-27)19-31-13-15-34-16-14-31/h2-8,17H,9-16,18-20H2,1H3. The van der Waals surface area contributed by atoms with Gasteiger partial charge in [-0.3, -0.25) is 14.6 Å². The fraction of sp³-hybridized carbons (Fsp3) is 0.444. The molecule has 3 heterocycles. The Labute approximate surface area is 211 Å². The third-order valence-corrected chi connectivity index (χ3v) is 7.61. The van der Waals surface area contributed by atoms with Crippen LogP contribution in [0.15, 0.2) is 53.6 Å². The molecular weight excluding hydrogens is 458 g/mol. The van der Waals surface area contributed by atoms with Crippen molar-refractivity contribution in [2.24, 2.45) is 0 Å². The van der Waals surface area contributed by atoms with Gasteiger partial charge in [0.1, 0.15) is 10.9 Å². The van der Waals surface area contributed by atoms with Gasteiger partial charge in [-0.1, -0.05) is 59.8 Å². The molecule has 8 heteroatoms. The van der Waals surface area contributed by atoms with Gasteiger partial charge in [-0.25, -0.2) is 9.97 Å². The van der Waals surface area contributed by atoms with Crippen LogP contribution in [0.1, 0.15) is 17.0 Å². The van der Waals surface area contributed by atoms with Crippen LogP contribution in [0.25, 0.3) is 10.9 Å². The summed E-state index contributed by atoms with van der Waals surface area (Å²) in [5.41, 5.74) is 3.56. The van der Waals surface area contributed by atoms with Crippen LogP contribution in [0, 0.1) is 6.92 Å². The van der Waals surface area contributed by atoms with E-state index >= 15 is 0 Å². The summed E-state index contributed by atoms with van der Waals surface area (Å²) in [6.45, 7) is 10.4. The van der Waals surface area contributed by atoms with Crippen molar-refractivity contribution < 1.29 is 9.53 Å². The Kier molecular flexibility index (Phi) is 7.93. The third-order valence-electron chi connectivity index (χ3n) is 6.63. The highest BCUT2D eigenvalue weighted by Crippen LogP contribution is 2.26. The Balaban J connectivity index is 1.18. The van der Waals surface area contributed by atoms with Gasteiger partial charge in [-0.15, -0.1) is 0 Å². The van der Waals surface area contributed by atoms with Gasteiger partial charge in [-0.2, -0.15) is 0 Å². The minimum Gasteiger partial charge on any atom is -0.379 e. The van der Waals surface area contributed by atoms with Crippen molar-refractivity contribution in [3.8, 4) is 0 Å². The normalized spacial score (nSPS) is 17.7. The largest absolute Gasteiger partial charge is 0.379 e. The van der Waals surface area contributed by atoms with Crippen LogP contribution in [0.2, 0.25) is 0 Å². The molecule has 0 unspecified atom stereocenters. The zero-order chi connectivity index (χ0) is 24.0. The van der Waals surface area contributed by atoms with E-state index in [0.717, 1.165) is 80.8 Å². The summed E-state index contributed by atoms with van der Waals surface area (Å²) in [5, 5.41) is 1.91. The SMILES string of the molecule is Cc1cccc(CN2CCN(C(=O)CSc3nc(CN4CCOCC4)nc4ccccc34)CC2)c1. The number of thioether (sulfide) groups is 1. The molecule has 184 valence electrons. The number of fused-ring (bicyclic) bond motifs is 1. The monoisotopic (exact) mass is 491 g/mol. The topological polar surface area (TPSA) is 61.8 Å². The van der Waals surface area contributed by atoms with Crippen LogP contribution in [-0.2, 0) is 22.6 Å². The molecule has 2 fully saturated rings. The number of hydrogen-bond acceptors (Lipinski definition) is 7. The fourth-order valence-corrected chi connectivity index (χ4v) is 5.62. The molecule has 1 aromatic heterocycles. The van der Waals surface area contributed by atoms with E-state index < -0.39 is 0 Å². The quantitative estimate of drug-likeness (QED) is 0.372. The van der Waals surface area contributed by atoms with E-state index in [1.54, 1.807) is 0 Å². The molecule has 0 atom stereocenters. The zero-order valence-corrected chi connectivity index (χ0v) is 21.2. The number of nitrogens with zero attached hydrogens (tertiary/aromatic N) is 5. The molecule has 2 aromatic carbocycles. The van der Waals surface area contributed by atoms with Crippen LogP contribution in [0.5, 0.6) is 0 Å². The first-order valence-electron chi connectivity index (χ1n) is 12.4. The summed E-state index contributed by atoms with van der Waals surface area (Å²) >= 11 is 1.53. The van der Waals surface area contributed by atoms with Crippen LogP contribution < -0.4 is 0 Å². The molecule has 0 N–H and O–H groups in total. The van der Waals surface area contributed by atoms with Gasteiger partial charge in [-0.05, 0) is 18.6 Å². The number of carbonyl (C=O) groups excluding carboxylic acids is 1. The molecule has 0 bridgehead atoms. The predicted molar refractivity (Wildman–Crippen MR) is 139 cm³/mol. The van der Waals surface area contributed by atoms with E-state index in [-0.39, 0.29) is 5.91 Å². The second kappa shape index (κ2) is 11.5. The van der Waals surface area contributed by atoms with Gasteiger partial charge >= 0.3 is 0 Å². The lowest BCUT2D eigenvalue weighted by Crippen LogP contribution is -2.48. The molecule has 2 aliphatic heterocycles. The lowest BCUT2D eigenvalue weighted by Gasteiger charge is -2.34. The first-order chi connectivity index (χ1) is 17.1. The number of para-hydroxylation sites is 1. The maximum absolute atomic E-state index is 13.0. The maximum Gasteiger partial charge on any atom is 0.233 e. The lowest BCUT2D eigenvalue weighted by atomic mass is 10.1. The van der Waals surface area contributed by atoms with Crippen molar-refractivity contribution in [3.05, 3.63) is 65.5 Å². The summed E-state index contributed by atoms with van der Waals surface area (Å²) in [6.07, 6.45) is 0. The molecule has 0 aliphatic carbocycles. The highest BCUT2D eigenvalue weighted by molar-refractivity contribution is 8.00. The number of aryl methyl sites for hydroxylation is 1. The molecule has 7 nitrogen and oxygen atoms in total. The minimum atomic E-state index is 0.183. The van der Waals surface area contributed by atoms with Crippen LogP contribution in [-0.4, -0.2) is 88.8 Å². The number of aromatic nitrogens is 2. The summed E-state index contributed by atoms with van der Waals surface area (Å²) in [6, 6.07) is 16.8. The Morgan fingerprint density at radius 2 is 1.69 bits per heavy atom. The Bertz CT molecular complexity index is 1160. The average molecular weight is 492 g/mol. The molecule has 3 aromatic rings. The maximum atomic E-state index is 13.0. The number of hydrogen-bond donors (Lipinski definition) is 0. The summed E-state index contributed by atoms with van der Waals surface area (Å²) in [5.74, 6) is 1.39. The summed E-state index contributed by atoms with van der Waals surface area (Å²) in [7, 11) is 0.